The lowest BCUT2D eigenvalue weighted by atomic mass is 10.3. The summed E-state index contributed by atoms with van der Waals surface area (Å²) in [5, 5.41) is 9.49. The third kappa shape index (κ3) is 4.20. The molecule has 0 fully saturated rings. The van der Waals surface area contributed by atoms with E-state index in [1.165, 1.54) is 29.2 Å². The van der Waals surface area contributed by atoms with Crippen molar-refractivity contribution < 1.29 is 19.1 Å². The summed E-state index contributed by atoms with van der Waals surface area (Å²) in [5.41, 5.74) is 0.992. The molecule has 148 valence electrons. The number of hydrogen-bond donors (Lipinski definition) is 3. The molecule has 11 heteroatoms. The summed E-state index contributed by atoms with van der Waals surface area (Å²) in [7, 11) is 3.75. The molecule has 0 aliphatic carbocycles. The molecule has 3 N–H and O–H groups in total. The number of alkyl carbamates (subject to hydrolysis) is 1. The highest BCUT2D eigenvalue weighted by Crippen LogP contribution is 2.43. The molecule has 0 spiro atoms. The number of nitrogens with one attached hydrogen (secondary N) is 3. The van der Waals surface area contributed by atoms with Crippen LogP contribution >= 0.6 is 23.1 Å². The minimum absolute atomic E-state index is 0.154. The van der Waals surface area contributed by atoms with Crippen LogP contribution in [0.2, 0.25) is 0 Å². The summed E-state index contributed by atoms with van der Waals surface area (Å²) < 4.78 is 4.70. The van der Waals surface area contributed by atoms with Crippen LogP contribution in [-0.2, 0) is 9.53 Å². The Labute approximate surface area is 169 Å². The predicted octanol–water partition coefficient (Wildman–Crippen LogP) is 2.58. The first-order chi connectivity index (χ1) is 13.4. The Hall–Kier alpha value is -2.79. The second-order valence-electron chi connectivity index (χ2n) is 5.87. The van der Waals surface area contributed by atoms with E-state index in [0.717, 1.165) is 16.4 Å². The summed E-state index contributed by atoms with van der Waals surface area (Å²) in [6.45, 7) is 1.79. The zero-order valence-corrected chi connectivity index (χ0v) is 17.1. The highest BCUT2D eigenvalue weighted by molar-refractivity contribution is 8.01. The van der Waals surface area contributed by atoms with E-state index in [2.05, 4.69) is 20.9 Å². The molecular weight excluding hydrogens is 402 g/mol. The molecule has 2 aromatic heterocycles. The summed E-state index contributed by atoms with van der Waals surface area (Å²) in [5.74, 6) is -0.200. The molecule has 0 bridgehead atoms. The number of carbonyl (C=O) groups is 3. The first kappa shape index (κ1) is 20.0. The maximum Gasteiger partial charge on any atom is 0.414 e. The number of hydrogen-bond acceptors (Lipinski definition) is 9. The predicted molar refractivity (Wildman–Crippen MR) is 109 cm³/mol. The van der Waals surface area contributed by atoms with E-state index in [0.29, 0.717) is 5.00 Å². The number of fused-ring (bicyclic) bond motifs is 1. The molecule has 9 nitrogen and oxygen atoms in total. The van der Waals surface area contributed by atoms with E-state index in [4.69, 9.17) is 4.74 Å². The van der Waals surface area contributed by atoms with Gasteiger partial charge in [0.1, 0.15) is 5.00 Å². The van der Waals surface area contributed by atoms with Crippen LogP contribution in [0.5, 0.6) is 0 Å². The van der Waals surface area contributed by atoms with Gasteiger partial charge in [0.2, 0.25) is 0 Å². The van der Waals surface area contributed by atoms with Gasteiger partial charge in [0.05, 0.1) is 17.9 Å². The number of thioether (sulfide) groups is 1. The quantitative estimate of drug-likeness (QED) is 0.675. The van der Waals surface area contributed by atoms with E-state index >= 15 is 0 Å². The summed E-state index contributed by atoms with van der Waals surface area (Å²) in [4.78, 5) is 43.5. The van der Waals surface area contributed by atoms with Gasteiger partial charge in [-0.1, -0.05) is 11.8 Å². The monoisotopic (exact) mass is 421 g/mol. The highest BCUT2D eigenvalue weighted by Gasteiger charge is 2.31. The van der Waals surface area contributed by atoms with Gasteiger partial charge in [0.15, 0.2) is 11.2 Å². The number of aromatic nitrogens is 1. The van der Waals surface area contributed by atoms with Crippen LogP contribution in [0.25, 0.3) is 0 Å². The van der Waals surface area contributed by atoms with Crippen LogP contribution in [0.1, 0.15) is 17.3 Å². The van der Waals surface area contributed by atoms with Crippen molar-refractivity contribution in [2.75, 3.05) is 36.2 Å². The summed E-state index contributed by atoms with van der Waals surface area (Å²) in [6.07, 6.45) is 0.864. The first-order valence-corrected chi connectivity index (χ1v) is 10.1. The average Bonchev–Trinajstić information content (AvgIpc) is 3.27. The van der Waals surface area contributed by atoms with Crippen molar-refractivity contribution in [2.45, 2.75) is 17.2 Å². The zero-order valence-electron chi connectivity index (χ0n) is 15.4. The molecular formula is C17H19N5O4S2. The van der Waals surface area contributed by atoms with Crippen molar-refractivity contribution in [1.29, 1.82) is 0 Å². The van der Waals surface area contributed by atoms with Crippen molar-refractivity contribution in [1.82, 2.24) is 10.3 Å². The van der Waals surface area contributed by atoms with Gasteiger partial charge in [-0.3, -0.25) is 14.9 Å². The maximum atomic E-state index is 12.7. The van der Waals surface area contributed by atoms with E-state index in [9.17, 15) is 14.4 Å². The molecule has 1 unspecified atom stereocenters. The molecule has 3 rings (SSSR count). The van der Waals surface area contributed by atoms with Gasteiger partial charge in [-0.05, 0) is 24.4 Å². The van der Waals surface area contributed by atoms with Crippen molar-refractivity contribution in [2.24, 2.45) is 0 Å². The number of carbonyl (C=O) groups excluding carboxylic acids is 3. The standard InChI is InChI=1S/C17H19N5O4S2/c1-4-26-17(25)21-13(23)9-6-8-27-15(9)20-14(24)16-19-11-10(28-16)5-7-18-12(11)22(2)3/h5-8,16,19H,4H2,1-3H3,(H,20,24)(H,21,23,25). The fraction of sp³-hybridized carbons (Fsp3) is 0.294. The fourth-order valence-corrected chi connectivity index (χ4v) is 4.29. The lowest BCUT2D eigenvalue weighted by Gasteiger charge is -2.16. The topological polar surface area (TPSA) is 113 Å². The highest BCUT2D eigenvalue weighted by atomic mass is 32.2. The molecule has 3 amide bonds. The van der Waals surface area contributed by atoms with Crippen LogP contribution in [0, 0.1) is 0 Å². The Morgan fingerprint density at radius 1 is 1.32 bits per heavy atom. The Morgan fingerprint density at radius 3 is 2.82 bits per heavy atom. The number of nitrogens with zero attached hydrogens (tertiary/aromatic N) is 2. The van der Waals surface area contributed by atoms with Crippen molar-refractivity contribution in [3.63, 3.8) is 0 Å². The Bertz CT molecular complexity index is 915. The number of imide groups is 1. The van der Waals surface area contributed by atoms with Gasteiger partial charge in [0.25, 0.3) is 11.8 Å². The smallest absolute Gasteiger partial charge is 0.414 e. The number of thiophene rings is 1. The third-order valence-electron chi connectivity index (χ3n) is 3.71. The zero-order chi connectivity index (χ0) is 20.3. The molecule has 1 atom stereocenters. The SMILES string of the molecule is CCOC(=O)NC(=O)c1ccsc1NC(=O)C1Nc2c(ccnc2N(C)C)S1. The molecule has 2 aromatic rings. The third-order valence-corrected chi connectivity index (χ3v) is 5.70. The van der Waals surface area contributed by atoms with Crippen molar-refractivity contribution >= 4 is 57.5 Å². The maximum absolute atomic E-state index is 12.7. The van der Waals surface area contributed by atoms with E-state index in [1.54, 1.807) is 18.5 Å². The van der Waals surface area contributed by atoms with Gasteiger partial charge >= 0.3 is 6.09 Å². The minimum atomic E-state index is -0.830. The number of amides is 3. The largest absolute Gasteiger partial charge is 0.450 e. The van der Waals surface area contributed by atoms with E-state index < -0.39 is 17.4 Å². The molecule has 0 saturated carbocycles. The van der Waals surface area contributed by atoms with Crippen LogP contribution in [0.4, 0.5) is 21.3 Å². The van der Waals surface area contributed by atoms with Crippen molar-refractivity contribution in [3.8, 4) is 0 Å². The minimum Gasteiger partial charge on any atom is -0.450 e. The summed E-state index contributed by atoms with van der Waals surface area (Å²) in [6, 6.07) is 3.38. The molecule has 28 heavy (non-hydrogen) atoms. The second kappa shape index (κ2) is 8.48. The molecule has 0 saturated heterocycles. The Kier molecular flexibility index (Phi) is 6.05. The van der Waals surface area contributed by atoms with E-state index in [1.807, 2.05) is 25.1 Å². The second-order valence-corrected chi connectivity index (χ2v) is 7.93. The lowest BCUT2D eigenvalue weighted by Crippen LogP contribution is -2.33. The number of ether oxygens (including phenoxy) is 1. The van der Waals surface area contributed by atoms with Crippen LogP contribution in [0.15, 0.2) is 28.6 Å². The van der Waals surface area contributed by atoms with Gasteiger partial charge < -0.3 is 20.3 Å². The average molecular weight is 422 g/mol. The lowest BCUT2D eigenvalue weighted by molar-refractivity contribution is -0.115. The Balaban J connectivity index is 1.68. The fourth-order valence-electron chi connectivity index (χ4n) is 2.50. The van der Waals surface area contributed by atoms with Crippen molar-refractivity contribution in [3.05, 3.63) is 29.3 Å². The first-order valence-electron chi connectivity index (χ1n) is 8.36. The molecule has 3 heterocycles. The molecule has 1 aliphatic heterocycles. The van der Waals surface area contributed by atoms with Crippen LogP contribution in [-0.4, -0.2) is 49.0 Å². The van der Waals surface area contributed by atoms with Gasteiger partial charge in [-0.2, -0.15) is 0 Å². The summed E-state index contributed by atoms with van der Waals surface area (Å²) >= 11 is 2.56. The molecule has 1 aliphatic rings. The van der Waals surface area contributed by atoms with Crippen LogP contribution in [0.3, 0.4) is 0 Å². The van der Waals surface area contributed by atoms with Gasteiger partial charge in [0, 0.05) is 25.2 Å². The Morgan fingerprint density at radius 2 is 2.11 bits per heavy atom. The number of anilines is 3. The van der Waals surface area contributed by atoms with E-state index in [-0.39, 0.29) is 18.1 Å². The number of rotatable bonds is 5. The normalized spacial score (nSPS) is 14.6. The number of pyridine rings is 1. The van der Waals surface area contributed by atoms with Gasteiger partial charge in [-0.25, -0.2) is 9.78 Å². The molecule has 0 radical (unpaired) electrons. The molecule has 0 aromatic carbocycles. The van der Waals surface area contributed by atoms with Gasteiger partial charge in [-0.15, -0.1) is 11.3 Å². The van der Waals surface area contributed by atoms with Crippen LogP contribution < -0.4 is 20.9 Å².